The van der Waals surface area contributed by atoms with E-state index in [0.717, 1.165) is 25.8 Å². The second kappa shape index (κ2) is 4.90. The number of hydrazine groups is 1. The second-order valence-electron chi connectivity index (χ2n) is 5.61. The first-order valence-electron chi connectivity index (χ1n) is 7.08. The van der Waals surface area contributed by atoms with Crippen molar-refractivity contribution in [3.63, 3.8) is 0 Å². The van der Waals surface area contributed by atoms with Crippen LogP contribution in [0.1, 0.15) is 36.9 Å². The molecule has 1 amide bonds. The molecular formula is C15H20N4O. The molecule has 20 heavy (non-hydrogen) atoms. The van der Waals surface area contributed by atoms with Gasteiger partial charge in [-0.05, 0) is 36.3 Å². The maximum Gasteiger partial charge on any atom is 0.240 e. The van der Waals surface area contributed by atoms with Crippen LogP contribution in [0.5, 0.6) is 0 Å². The van der Waals surface area contributed by atoms with Gasteiger partial charge in [0.2, 0.25) is 11.9 Å². The lowest BCUT2D eigenvalue weighted by atomic mass is 9.80. The first-order chi connectivity index (χ1) is 9.59. The molecule has 0 bridgehead atoms. The standard InChI is InChI=1S/C15H20N4O/c1-10(20)19(15(16)17)18-9-8-12-7-6-11-4-2-3-5-13(11)14(12)18/h2-5,12,14H,6-9H2,1H3,(H3,16,17). The molecule has 5 heteroatoms. The molecule has 1 heterocycles. The summed E-state index contributed by atoms with van der Waals surface area (Å²) in [4.78, 5) is 11.8. The molecule has 3 N–H and O–H groups in total. The number of nitrogens with one attached hydrogen (secondary N) is 1. The molecule has 1 saturated heterocycles. The van der Waals surface area contributed by atoms with Gasteiger partial charge in [0.25, 0.3) is 0 Å². The lowest BCUT2D eigenvalue weighted by Crippen LogP contribution is -2.52. The molecule has 2 atom stereocenters. The summed E-state index contributed by atoms with van der Waals surface area (Å²) in [5, 5.41) is 11.0. The van der Waals surface area contributed by atoms with Gasteiger partial charge in [-0.15, -0.1) is 0 Å². The molecule has 0 spiro atoms. The maximum absolute atomic E-state index is 11.8. The van der Waals surface area contributed by atoms with E-state index < -0.39 is 0 Å². The minimum Gasteiger partial charge on any atom is -0.369 e. The van der Waals surface area contributed by atoms with E-state index in [4.69, 9.17) is 11.1 Å². The summed E-state index contributed by atoms with van der Waals surface area (Å²) in [6.45, 7) is 2.24. The molecule has 0 saturated carbocycles. The number of carbonyl (C=O) groups is 1. The zero-order valence-corrected chi connectivity index (χ0v) is 11.7. The van der Waals surface area contributed by atoms with Gasteiger partial charge in [-0.3, -0.25) is 10.2 Å². The highest BCUT2D eigenvalue weighted by molar-refractivity contribution is 5.92. The second-order valence-corrected chi connectivity index (χ2v) is 5.61. The number of carbonyl (C=O) groups excluding carboxylic acids is 1. The van der Waals surface area contributed by atoms with Gasteiger partial charge in [0.15, 0.2) is 0 Å². The third kappa shape index (κ3) is 1.98. The lowest BCUT2D eigenvalue weighted by Gasteiger charge is -2.38. The fraction of sp³-hybridized carbons (Fsp3) is 0.467. The van der Waals surface area contributed by atoms with Gasteiger partial charge < -0.3 is 5.73 Å². The first kappa shape index (κ1) is 13.1. The summed E-state index contributed by atoms with van der Waals surface area (Å²) in [5.74, 6) is 0.161. The minimum atomic E-state index is -0.193. The summed E-state index contributed by atoms with van der Waals surface area (Å²) in [7, 11) is 0. The maximum atomic E-state index is 11.8. The highest BCUT2D eigenvalue weighted by Gasteiger charge is 2.42. The molecule has 5 nitrogen and oxygen atoms in total. The van der Waals surface area contributed by atoms with Crippen LogP contribution in [0.15, 0.2) is 24.3 Å². The number of nitrogens with zero attached hydrogens (tertiary/aromatic N) is 2. The van der Waals surface area contributed by atoms with Crippen LogP contribution in [0.4, 0.5) is 0 Å². The number of amides is 1. The number of fused-ring (bicyclic) bond motifs is 3. The largest absolute Gasteiger partial charge is 0.369 e. The Morgan fingerprint density at radius 2 is 2.15 bits per heavy atom. The number of hydrogen-bond donors (Lipinski definition) is 2. The van der Waals surface area contributed by atoms with E-state index in [1.807, 2.05) is 11.1 Å². The van der Waals surface area contributed by atoms with Crippen molar-refractivity contribution in [2.24, 2.45) is 11.7 Å². The van der Waals surface area contributed by atoms with Crippen LogP contribution in [-0.2, 0) is 11.2 Å². The smallest absolute Gasteiger partial charge is 0.240 e. The van der Waals surface area contributed by atoms with Gasteiger partial charge in [-0.25, -0.2) is 10.0 Å². The number of nitrogens with two attached hydrogens (primary N) is 1. The van der Waals surface area contributed by atoms with Crippen LogP contribution in [0.25, 0.3) is 0 Å². The molecular weight excluding hydrogens is 252 g/mol. The molecule has 2 aliphatic rings. The molecule has 1 fully saturated rings. The van der Waals surface area contributed by atoms with E-state index in [9.17, 15) is 4.79 Å². The first-order valence-corrected chi connectivity index (χ1v) is 7.08. The highest BCUT2D eigenvalue weighted by atomic mass is 16.2. The van der Waals surface area contributed by atoms with Crippen molar-refractivity contribution in [1.29, 1.82) is 5.41 Å². The van der Waals surface area contributed by atoms with Gasteiger partial charge >= 0.3 is 0 Å². The van der Waals surface area contributed by atoms with Gasteiger partial charge in [-0.1, -0.05) is 24.3 Å². The van der Waals surface area contributed by atoms with E-state index >= 15 is 0 Å². The number of rotatable bonds is 1. The topological polar surface area (TPSA) is 73.4 Å². The van der Waals surface area contributed by atoms with E-state index in [-0.39, 0.29) is 17.9 Å². The van der Waals surface area contributed by atoms with Crippen LogP contribution in [0.3, 0.4) is 0 Å². The molecule has 1 aromatic rings. The molecule has 2 unspecified atom stereocenters. The van der Waals surface area contributed by atoms with Crippen molar-refractivity contribution in [3.05, 3.63) is 35.4 Å². The van der Waals surface area contributed by atoms with Crippen molar-refractivity contribution in [2.45, 2.75) is 32.2 Å². The lowest BCUT2D eigenvalue weighted by molar-refractivity contribution is -0.139. The van der Waals surface area contributed by atoms with Crippen molar-refractivity contribution in [2.75, 3.05) is 6.54 Å². The Hall–Kier alpha value is -1.88. The third-order valence-corrected chi connectivity index (χ3v) is 4.44. The van der Waals surface area contributed by atoms with Crippen LogP contribution < -0.4 is 5.73 Å². The molecule has 3 rings (SSSR count). The molecule has 0 radical (unpaired) electrons. The third-order valence-electron chi connectivity index (χ3n) is 4.44. The zero-order chi connectivity index (χ0) is 14.3. The Balaban J connectivity index is 2.00. The zero-order valence-electron chi connectivity index (χ0n) is 11.7. The summed E-state index contributed by atoms with van der Waals surface area (Å²) >= 11 is 0. The summed E-state index contributed by atoms with van der Waals surface area (Å²) in [5.41, 5.74) is 8.25. The van der Waals surface area contributed by atoms with Gasteiger partial charge in [-0.2, -0.15) is 0 Å². The molecule has 1 aliphatic carbocycles. The Morgan fingerprint density at radius 3 is 2.85 bits per heavy atom. The van der Waals surface area contributed by atoms with E-state index in [2.05, 4.69) is 18.2 Å². The van der Waals surface area contributed by atoms with Crippen molar-refractivity contribution < 1.29 is 4.79 Å². The van der Waals surface area contributed by atoms with Crippen LogP contribution in [-0.4, -0.2) is 28.4 Å². The Morgan fingerprint density at radius 1 is 1.40 bits per heavy atom. The summed E-state index contributed by atoms with van der Waals surface area (Å²) in [6, 6.07) is 8.58. The Labute approximate surface area is 118 Å². The molecule has 106 valence electrons. The van der Waals surface area contributed by atoms with Crippen LogP contribution in [0.2, 0.25) is 0 Å². The monoisotopic (exact) mass is 272 g/mol. The normalized spacial score (nSPS) is 24.9. The van der Waals surface area contributed by atoms with Crippen LogP contribution >= 0.6 is 0 Å². The van der Waals surface area contributed by atoms with Gasteiger partial charge in [0.05, 0.1) is 6.04 Å². The highest BCUT2D eigenvalue weighted by Crippen LogP contribution is 2.45. The fourth-order valence-electron chi connectivity index (χ4n) is 3.66. The van der Waals surface area contributed by atoms with Crippen LogP contribution in [0, 0.1) is 11.3 Å². The SMILES string of the molecule is CC(=O)N(C(=N)N)N1CCC2CCc3ccccc3C21. The summed E-state index contributed by atoms with van der Waals surface area (Å²) < 4.78 is 0. The predicted octanol–water partition coefficient (Wildman–Crippen LogP) is 1.65. The Kier molecular flexibility index (Phi) is 3.22. The van der Waals surface area contributed by atoms with E-state index in [1.165, 1.54) is 23.1 Å². The molecule has 1 aliphatic heterocycles. The number of hydrogen-bond acceptors (Lipinski definition) is 3. The number of guanidine groups is 1. The fourth-order valence-corrected chi connectivity index (χ4v) is 3.66. The predicted molar refractivity (Wildman–Crippen MR) is 76.8 cm³/mol. The van der Waals surface area contributed by atoms with Crippen molar-refractivity contribution >= 4 is 11.9 Å². The van der Waals surface area contributed by atoms with E-state index in [0.29, 0.717) is 5.92 Å². The number of aryl methyl sites for hydroxylation is 1. The summed E-state index contributed by atoms with van der Waals surface area (Å²) in [6.07, 6.45) is 3.29. The molecule has 0 aromatic heterocycles. The van der Waals surface area contributed by atoms with Crippen molar-refractivity contribution in [3.8, 4) is 0 Å². The van der Waals surface area contributed by atoms with Gasteiger partial charge in [0.1, 0.15) is 0 Å². The van der Waals surface area contributed by atoms with E-state index in [1.54, 1.807) is 0 Å². The quantitative estimate of drug-likeness (QED) is 0.603. The van der Waals surface area contributed by atoms with Gasteiger partial charge in [0, 0.05) is 13.5 Å². The average Bonchev–Trinajstić information content (AvgIpc) is 2.82. The minimum absolute atomic E-state index is 0.174. The Bertz CT molecular complexity index is 543. The number of benzene rings is 1. The average molecular weight is 272 g/mol. The molecule has 1 aromatic carbocycles. The van der Waals surface area contributed by atoms with Crippen molar-refractivity contribution in [1.82, 2.24) is 10.0 Å².